The van der Waals surface area contributed by atoms with E-state index in [2.05, 4.69) is 24.3 Å². The molecule has 0 aromatic heterocycles. The Labute approximate surface area is 149 Å². The number of hydrogen-bond donors (Lipinski definition) is 2. The Kier molecular flexibility index (Phi) is 16.5. The van der Waals surface area contributed by atoms with Crippen LogP contribution in [0.5, 0.6) is 0 Å². The number of hydrogen-bond acceptors (Lipinski definition) is 4. The van der Waals surface area contributed by atoms with Gasteiger partial charge in [-0.3, -0.25) is 4.79 Å². The van der Waals surface area contributed by atoms with Gasteiger partial charge in [0.25, 0.3) is 0 Å². The molecule has 2 unspecified atom stereocenters. The topological polar surface area (TPSA) is 46.5 Å². The summed E-state index contributed by atoms with van der Waals surface area (Å²) in [5, 5.41) is 10.2. The second-order valence-electron chi connectivity index (χ2n) is 6.57. The van der Waals surface area contributed by atoms with E-state index in [9.17, 15) is 9.90 Å². The summed E-state index contributed by atoms with van der Waals surface area (Å²) in [7, 11) is 1.44. The molecule has 0 aliphatic carbocycles. The summed E-state index contributed by atoms with van der Waals surface area (Å²) in [5.41, 5.74) is 0. The molecule has 1 N–H and O–H groups in total. The van der Waals surface area contributed by atoms with Crippen molar-refractivity contribution in [1.82, 2.24) is 0 Å². The second kappa shape index (κ2) is 16.6. The van der Waals surface area contributed by atoms with E-state index in [1.165, 1.54) is 39.2 Å². The largest absolute Gasteiger partial charge is 0.469 e. The van der Waals surface area contributed by atoms with Crippen molar-refractivity contribution in [3.05, 3.63) is 0 Å². The molecule has 0 aliphatic rings. The fourth-order valence-electron chi connectivity index (χ4n) is 2.77. The zero-order valence-corrected chi connectivity index (χ0v) is 16.2. The predicted molar refractivity (Wildman–Crippen MR) is 101 cm³/mol. The molecule has 138 valence electrons. The molecule has 0 spiro atoms. The molecule has 0 radical (unpaired) electrons. The van der Waals surface area contributed by atoms with Crippen molar-refractivity contribution in [2.24, 2.45) is 0 Å². The second-order valence-corrected chi connectivity index (χ2v) is 7.24. The van der Waals surface area contributed by atoms with Gasteiger partial charge in [0.15, 0.2) is 0 Å². The van der Waals surface area contributed by atoms with Crippen LogP contribution in [0.3, 0.4) is 0 Å². The van der Waals surface area contributed by atoms with Gasteiger partial charge in [0.2, 0.25) is 0 Å². The quantitative estimate of drug-likeness (QED) is 0.226. The molecule has 0 aromatic carbocycles. The fraction of sp³-hybridized carbons (Fsp3) is 0.947. The third kappa shape index (κ3) is 15.1. The number of carbonyl (C=O) groups is 1. The van der Waals surface area contributed by atoms with E-state index in [-0.39, 0.29) is 17.3 Å². The SMILES string of the molecule is CCCCCCCCC(O)C(S)CCCCCCCC(=O)OC. The highest BCUT2D eigenvalue weighted by Gasteiger charge is 2.14. The Morgan fingerprint density at radius 2 is 1.43 bits per heavy atom. The van der Waals surface area contributed by atoms with E-state index in [4.69, 9.17) is 0 Å². The number of aliphatic hydroxyl groups is 1. The van der Waals surface area contributed by atoms with Gasteiger partial charge >= 0.3 is 5.97 Å². The molecule has 0 fully saturated rings. The minimum absolute atomic E-state index is 0.112. The average Bonchev–Trinajstić information content (AvgIpc) is 2.56. The van der Waals surface area contributed by atoms with E-state index >= 15 is 0 Å². The Balaban J connectivity index is 3.40. The van der Waals surface area contributed by atoms with Crippen LogP contribution in [-0.4, -0.2) is 29.5 Å². The van der Waals surface area contributed by atoms with Crippen LogP contribution in [0.4, 0.5) is 0 Å². The maximum atomic E-state index is 11.0. The standard InChI is InChI=1S/C19H38O3S/c1-3-4-5-6-8-11-14-17(20)18(23)15-12-9-7-10-13-16-19(21)22-2/h17-18,20,23H,3-16H2,1-2H3. The molecule has 0 heterocycles. The molecule has 2 atom stereocenters. The molecule has 0 aromatic rings. The van der Waals surface area contributed by atoms with Crippen LogP contribution < -0.4 is 0 Å². The normalized spacial score (nSPS) is 13.7. The van der Waals surface area contributed by atoms with Crippen LogP contribution in [0.15, 0.2) is 0 Å². The first-order chi connectivity index (χ1) is 11.1. The molecule has 0 amide bonds. The lowest BCUT2D eigenvalue weighted by atomic mass is 10.0. The number of carbonyl (C=O) groups excluding carboxylic acids is 1. The molecule has 0 aliphatic heterocycles. The number of aliphatic hydroxyl groups excluding tert-OH is 1. The lowest BCUT2D eigenvalue weighted by molar-refractivity contribution is -0.140. The number of rotatable bonds is 16. The molecule has 3 nitrogen and oxygen atoms in total. The summed E-state index contributed by atoms with van der Waals surface area (Å²) < 4.78 is 4.62. The Morgan fingerprint density at radius 1 is 0.913 bits per heavy atom. The molecule has 0 saturated heterocycles. The first kappa shape index (κ1) is 22.8. The predicted octanol–water partition coefficient (Wildman–Crippen LogP) is 5.30. The fourth-order valence-corrected chi connectivity index (χ4v) is 3.11. The van der Waals surface area contributed by atoms with Crippen molar-refractivity contribution >= 4 is 18.6 Å². The van der Waals surface area contributed by atoms with Gasteiger partial charge in [0, 0.05) is 11.7 Å². The summed E-state index contributed by atoms with van der Waals surface area (Å²) in [6.07, 6.45) is 15.1. The molecule has 0 rings (SSSR count). The lowest BCUT2D eigenvalue weighted by Crippen LogP contribution is -2.20. The molecule has 0 bridgehead atoms. The summed E-state index contributed by atoms with van der Waals surface area (Å²) in [6, 6.07) is 0. The first-order valence-electron chi connectivity index (χ1n) is 9.54. The van der Waals surface area contributed by atoms with Crippen molar-refractivity contribution in [1.29, 1.82) is 0 Å². The van der Waals surface area contributed by atoms with Crippen molar-refractivity contribution in [3.63, 3.8) is 0 Å². The van der Waals surface area contributed by atoms with Gasteiger partial charge in [-0.2, -0.15) is 12.6 Å². The van der Waals surface area contributed by atoms with E-state index in [0.29, 0.717) is 6.42 Å². The van der Waals surface area contributed by atoms with Crippen LogP contribution in [0.2, 0.25) is 0 Å². The van der Waals surface area contributed by atoms with Gasteiger partial charge in [-0.05, 0) is 19.3 Å². The van der Waals surface area contributed by atoms with Crippen molar-refractivity contribution in [2.75, 3.05) is 7.11 Å². The summed E-state index contributed by atoms with van der Waals surface area (Å²) in [5.74, 6) is -0.113. The van der Waals surface area contributed by atoms with Crippen LogP contribution in [0.1, 0.15) is 96.8 Å². The minimum Gasteiger partial charge on any atom is -0.469 e. The zero-order chi connectivity index (χ0) is 17.3. The Bertz CT molecular complexity index is 271. The molecular formula is C19H38O3S. The highest BCUT2D eigenvalue weighted by Crippen LogP contribution is 2.18. The van der Waals surface area contributed by atoms with Gasteiger partial charge in [-0.1, -0.05) is 71.1 Å². The van der Waals surface area contributed by atoms with Gasteiger partial charge in [0.05, 0.1) is 13.2 Å². The minimum atomic E-state index is -0.260. The Morgan fingerprint density at radius 3 is 2.04 bits per heavy atom. The van der Waals surface area contributed by atoms with E-state index < -0.39 is 0 Å². The number of methoxy groups -OCH3 is 1. The number of unbranched alkanes of at least 4 members (excludes halogenated alkanes) is 9. The maximum Gasteiger partial charge on any atom is 0.305 e. The number of thiol groups is 1. The van der Waals surface area contributed by atoms with E-state index in [0.717, 1.165) is 51.4 Å². The number of ether oxygens (including phenoxy) is 1. The lowest BCUT2D eigenvalue weighted by Gasteiger charge is -2.18. The highest BCUT2D eigenvalue weighted by atomic mass is 32.1. The Hall–Kier alpha value is -0.220. The first-order valence-corrected chi connectivity index (χ1v) is 10.1. The van der Waals surface area contributed by atoms with Crippen molar-refractivity contribution < 1.29 is 14.6 Å². The average molecular weight is 347 g/mol. The third-order valence-corrected chi connectivity index (χ3v) is 5.01. The van der Waals surface area contributed by atoms with Crippen LogP contribution >= 0.6 is 12.6 Å². The van der Waals surface area contributed by atoms with Gasteiger partial charge in [-0.15, -0.1) is 0 Å². The van der Waals surface area contributed by atoms with Gasteiger partial charge in [-0.25, -0.2) is 0 Å². The van der Waals surface area contributed by atoms with Gasteiger partial charge in [0.1, 0.15) is 0 Å². The summed E-state index contributed by atoms with van der Waals surface area (Å²) in [6.45, 7) is 2.23. The third-order valence-electron chi connectivity index (χ3n) is 4.41. The monoisotopic (exact) mass is 346 g/mol. The number of esters is 1. The summed E-state index contributed by atoms with van der Waals surface area (Å²) in [4.78, 5) is 11.0. The van der Waals surface area contributed by atoms with Crippen molar-refractivity contribution in [2.45, 2.75) is 108 Å². The molecule has 0 saturated carbocycles. The van der Waals surface area contributed by atoms with Crippen LogP contribution in [-0.2, 0) is 9.53 Å². The highest BCUT2D eigenvalue weighted by molar-refractivity contribution is 7.81. The van der Waals surface area contributed by atoms with E-state index in [1.54, 1.807) is 0 Å². The molecule has 23 heavy (non-hydrogen) atoms. The van der Waals surface area contributed by atoms with Gasteiger partial charge < -0.3 is 9.84 Å². The molecule has 4 heteroatoms. The smallest absolute Gasteiger partial charge is 0.305 e. The van der Waals surface area contributed by atoms with Crippen molar-refractivity contribution in [3.8, 4) is 0 Å². The van der Waals surface area contributed by atoms with Crippen LogP contribution in [0.25, 0.3) is 0 Å². The molecular weight excluding hydrogens is 308 g/mol. The summed E-state index contributed by atoms with van der Waals surface area (Å²) >= 11 is 4.56. The zero-order valence-electron chi connectivity index (χ0n) is 15.3. The van der Waals surface area contributed by atoms with E-state index in [1.807, 2.05) is 0 Å². The maximum absolute atomic E-state index is 11.0. The van der Waals surface area contributed by atoms with Crippen LogP contribution in [0, 0.1) is 0 Å².